The molecule has 0 radical (unpaired) electrons. The highest BCUT2D eigenvalue weighted by atomic mass is 32.3. The van der Waals surface area contributed by atoms with Gasteiger partial charge >= 0.3 is 16.4 Å². The summed E-state index contributed by atoms with van der Waals surface area (Å²) in [5.74, 6) is -2.16. The fraction of sp³-hybridized carbons (Fsp3) is 0.517. The van der Waals surface area contributed by atoms with E-state index in [4.69, 9.17) is 25.3 Å². The van der Waals surface area contributed by atoms with Crippen LogP contribution in [-0.4, -0.2) is 100 Å². The van der Waals surface area contributed by atoms with Crippen molar-refractivity contribution in [3.8, 4) is 5.75 Å². The van der Waals surface area contributed by atoms with Gasteiger partial charge in [0.1, 0.15) is 23.3 Å². The van der Waals surface area contributed by atoms with Gasteiger partial charge in [-0.2, -0.15) is 13.5 Å². The van der Waals surface area contributed by atoms with Gasteiger partial charge in [-0.1, -0.05) is 5.16 Å². The number of benzene rings is 1. The summed E-state index contributed by atoms with van der Waals surface area (Å²) in [5.41, 5.74) is 3.07. The van der Waals surface area contributed by atoms with Crippen molar-refractivity contribution >= 4 is 56.2 Å². The molecule has 0 saturated carbocycles. The fourth-order valence-electron chi connectivity index (χ4n) is 5.79. The van der Waals surface area contributed by atoms with Crippen LogP contribution in [0.5, 0.6) is 5.75 Å². The number of ether oxygens (including phenoxy) is 1. The minimum atomic E-state index is -5.03. The molecule has 3 aliphatic rings. The zero-order chi connectivity index (χ0) is 35.7. The van der Waals surface area contributed by atoms with Crippen LogP contribution in [0.1, 0.15) is 56.9 Å². The highest BCUT2D eigenvalue weighted by molar-refractivity contribution is 7.80. The lowest BCUT2D eigenvalue weighted by Gasteiger charge is -2.50. The Morgan fingerprint density at radius 3 is 2.71 bits per heavy atom. The van der Waals surface area contributed by atoms with Crippen LogP contribution in [0.4, 0.5) is 5.13 Å². The number of aryl methyl sites for hydroxylation is 1. The van der Waals surface area contributed by atoms with Crippen LogP contribution in [-0.2, 0) is 40.3 Å². The van der Waals surface area contributed by atoms with Crippen LogP contribution in [0.15, 0.2) is 28.7 Å². The molecule has 5 rings (SSSR count). The minimum absolute atomic E-state index is 0.0604. The number of hydrogen-bond acceptors (Lipinski definition) is 14. The Bertz CT molecular complexity index is 1780. The van der Waals surface area contributed by atoms with Gasteiger partial charge in [0.15, 0.2) is 16.9 Å². The summed E-state index contributed by atoms with van der Waals surface area (Å²) in [6.45, 7) is 6.67. The molecule has 0 unspecified atom stereocenters. The third kappa shape index (κ3) is 7.77. The van der Waals surface area contributed by atoms with E-state index in [2.05, 4.69) is 30.4 Å². The standard InChI is InChI=1S/C29H38N8O10S2/c1-28(2)22(25(39)37(28)47-49(42,43)44)35-24(38)21(18-14-48-27(31)34-18)36-46-29(3,26(40)41)20-7-5-16-12-17(4-6-19(16)45-20)23(30)33-11-9-15-8-10-32-13-15/h4,6,12,14-15,20,22,32H,5,7-11,13H2,1-3H3,(H2,30,33)(H2,31,34)(H,35,38)(H,40,41)(H,42,43,44)/b36-21-/t15-,20-,22-,29+/m1/s1. The first-order chi connectivity index (χ1) is 23.0. The SMILES string of the molecule is CC1(C)[C@H](NC(=O)/C(=N\O[C@](C)(C(=O)O)[C@H]2CCc3cc(C(=N)NCC[C@H]4CCNC4)ccc3O2)c2csc(N)n2)C(=O)N1OS(=O)(=O)O. The maximum Gasteiger partial charge on any atom is 0.418 e. The number of nitrogens with one attached hydrogen (secondary N) is 4. The number of nitrogens with zero attached hydrogens (tertiary/aromatic N) is 3. The number of amides is 2. The molecule has 3 aliphatic heterocycles. The van der Waals surface area contributed by atoms with Crippen molar-refractivity contribution in [1.82, 2.24) is 26.0 Å². The minimum Gasteiger partial charge on any atom is -0.485 e. The fourth-order valence-corrected chi connectivity index (χ4v) is 6.79. The van der Waals surface area contributed by atoms with Crippen molar-refractivity contribution in [1.29, 1.82) is 5.41 Å². The summed E-state index contributed by atoms with van der Waals surface area (Å²) >= 11 is 0.966. The number of rotatable bonds is 13. The number of carbonyl (C=O) groups excluding carboxylic acids is 2. The molecule has 20 heteroatoms. The number of carbonyl (C=O) groups is 3. The van der Waals surface area contributed by atoms with Crippen LogP contribution >= 0.6 is 11.3 Å². The smallest absolute Gasteiger partial charge is 0.418 e. The molecule has 0 bridgehead atoms. The molecule has 0 aliphatic carbocycles. The van der Waals surface area contributed by atoms with Crippen LogP contribution < -0.4 is 26.4 Å². The summed E-state index contributed by atoms with van der Waals surface area (Å²) in [6, 6.07) is 3.88. The maximum absolute atomic E-state index is 13.4. The molecule has 1 aromatic carbocycles. The van der Waals surface area contributed by atoms with E-state index in [9.17, 15) is 27.9 Å². The van der Waals surface area contributed by atoms with E-state index in [-0.39, 0.29) is 23.1 Å². The van der Waals surface area contributed by atoms with Gasteiger partial charge < -0.3 is 36.4 Å². The van der Waals surface area contributed by atoms with Crippen LogP contribution in [0, 0.1) is 11.3 Å². The third-order valence-electron chi connectivity index (χ3n) is 8.78. The number of amidine groups is 1. The second-order valence-electron chi connectivity index (χ2n) is 12.6. The van der Waals surface area contributed by atoms with Gasteiger partial charge in [-0.05, 0) is 89.2 Å². The molecule has 2 amide bonds. The lowest BCUT2D eigenvalue weighted by molar-refractivity contribution is -0.218. The lowest BCUT2D eigenvalue weighted by atomic mass is 9.84. The molecule has 2 fully saturated rings. The topological polar surface area (TPSA) is 268 Å². The number of fused-ring (bicyclic) bond motifs is 1. The predicted octanol–water partition coefficient (Wildman–Crippen LogP) is 0.438. The third-order valence-corrected chi connectivity index (χ3v) is 9.79. The number of nitrogen functional groups attached to an aromatic ring is 1. The Balaban J connectivity index is 1.30. The molecular formula is C29H38N8O10S2. The number of carboxylic acids is 1. The molecule has 2 aromatic rings. The molecule has 266 valence electrons. The number of anilines is 1. The first-order valence-corrected chi connectivity index (χ1v) is 17.6. The number of oxime groups is 1. The molecule has 4 heterocycles. The molecule has 4 atom stereocenters. The largest absolute Gasteiger partial charge is 0.485 e. The molecule has 2 saturated heterocycles. The Labute approximate surface area is 285 Å². The number of carboxylic acid groups (broad SMARTS) is 1. The second kappa shape index (κ2) is 13.9. The van der Waals surface area contributed by atoms with E-state index < -0.39 is 57.2 Å². The van der Waals surface area contributed by atoms with E-state index in [1.807, 2.05) is 6.07 Å². The van der Waals surface area contributed by atoms with Crippen LogP contribution in [0.2, 0.25) is 0 Å². The van der Waals surface area contributed by atoms with Gasteiger partial charge in [0.2, 0.25) is 0 Å². The van der Waals surface area contributed by atoms with Gasteiger partial charge in [0.25, 0.3) is 17.4 Å². The number of hydroxylamine groups is 2. The molecule has 18 nitrogen and oxygen atoms in total. The number of β-lactam (4-membered cyclic amide) rings is 1. The van der Waals surface area contributed by atoms with Crippen molar-refractivity contribution in [2.45, 2.75) is 69.7 Å². The van der Waals surface area contributed by atoms with Crippen molar-refractivity contribution in [3.05, 3.63) is 40.4 Å². The number of thiazole rings is 1. The normalized spacial score (nSPS) is 23.0. The van der Waals surface area contributed by atoms with E-state index in [0.29, 0.717) is 35.3 Å². The van der Waals surface area contributed by atoms with Crippen molar-refractivity contribution in [3.63, 3.8) is 0 Å². The zero-order valence-corrected chi connectivity index (χ0v) is 28.5. The zero-order valence-electron chi connectivity index (χ0n) is 26.9. The Kier molecular flexibility index (Phi) is 10.2. The number of aromatic nitrogens is 1. The summed E-state index contributed by atoms with van der Waals surface area (Å²) in [6.07, 6.45) is 1.63. The first-order valence-electron chi connectivity index (χ1n) is 15.4. The van der Waals surface area contributed by atoms with Crippen LogP contribution in [0.25, 0.3) is 0 Å². The van der Waals surface area contributed by atoms with Gasteiger partial charge in [-0.15, -0.1) is 15.6 Å². The average Bonchev–Trinajstić information content (AvgIpc) is 3.73. The summed E-state index contributed by atoms with van der Waals surface area (Å²) < 4.78 is 41.7. The van der Waals surface area contributed by atoms with Crippen molar-refractivity contribution in [2.75, 3.05) is 25.4 Å². The van der Waals surface area contributed by atoms with Gasteiger partial charge in [-0.25, -0.2) is 9.78 Å². The molecule has 1 aromatic heterocycles. The van der Waals surface area contributed by atoms with Crippen molar-refractivity contribution < 1.29 is 46.3 Å². The van der Waals surface area contributed by atoms with Gasteiger partial charge in [0.05, 0.1) is 5.54 Å². The van der Waals surface area contributed by atoms with Crippen LogP contribution in [0.3, 0.4) is 0 Å². The van der Waals surface area contributed by atoms with E-state index in [0.717, 1.165) is 42.8 Å². The number of aliphatic carboxylic acids is 1. The van der Waals surface area contributed by atoms with E-state index in [1.165, 1.54) is 26.2 Å². The molecule has 8 N–H and O–H groups in total. The molecule has 49 heavy (non-hydrogen) atoms. The van der Waals surface area contributed by atoms with Gasteiger partial charge in [-0.3, -0.25) is 19.6 Å². The van der Waals surface area contributed by atoms with Gasteiger partial charge in [0, 0.05) is 17.5 Å². The number of hydrogen-bond donors (Lipinski definition) is 7. The highest BCUT2D eigenvalue weighted by Crippen LogP contribution is 2.35. The average molecular weight is 723 g/mol. The maximum atomic E-state index is 13.4. The monoisotopic (exact) mass is 722 g/mol. The molecule has 0 spiro atoms. The predicted molar refractivity (Wildman–Crippen MR) is 175 cm³/mol. The quantitative estimate of drug-likeness (QED) is 0.0486. The summed E-state index contributed by atoms with van der Waals surface area (Å²) in [7, 11) is -5.03. The Hall–Kier alpha value is -4.37. The first kappa shape index (κ1) is 35.9. The summed E-state index contributed by atoms with van der Waals surface area (Å²) in [5, 5.41) is 33.4. The second-order valence-corrected chi connectivity index (χ2v) is 14.5. The Morgan fingerprint density at radius 2 is 2.10 bits per heavy atom. The Morgan fingerprint density at radius 1 is 1.35 bits per heavy atom. The number of nitrogens with two attached hydrogens (primary N) is 1. The van der Waals surface area contributed by atoms with E-state index in [1.54, 1.807) is 12.1 Å². The highest BCUT2D eigenvalue weighted by Gasteiger charge is 2.58. The summed E-state index contributed by atoms with van der Waals surface area (Å²) in [4.78, 5) is 48.3. The van der Waals surface area contributed by atoms with E-state index >= 15 is 0 Å². The lowest BCUT2D eigenvalue weighted by Crippen LogP contribution is -2.76. The van der Waals surface area contributed by atoms with Crippen molar-refractivity contribution in [2.24, 2.45) is 11.1 Å². The molecular weight excluding hydrogens is 684 g/mol.